The minimum absolute atomic E-state index is 0.0419. The van der Waals surface area contributed by atoms with Crippen molar-refractivity contribution in [3.63, 3.8) is 0 Å². The summed E-state index contributed by atoms with van der Waals surface area (Å²) in [5.41, 5.74) is -0.139. The van der Waals surface area contributed by atoms with Crippen LogP contribution in [0.2, 0.25) is 0 Å². The van der Waals surface area contributed by atoms with E-state index in [-0.39, 0.29) is 35.0 Å². The van der Waals surface area contributed by atoms with Gasteiger partial charge < -0.3 is 24.8 Å². The number of benzene rings is 2. The molecule has 180 valence electrons. The molecular formula is C22H29N3O7S. The molecule has 10 nitrogen and oxygen atoms in total. The Kier molecular flexibility index (Phi) is 8.66. The van der Waals surface area contributed by atoms with Crippen molar-refractivity contribution < 1.29 is 32.2 Å². The Morgan fingerprint density at radius 2 is 1.67 bits per heavy atom. The Hall–Kier alpha value is -3.31. The number of ether oxygens (including phenoxy) is 3. The van der Waals surface area contributed by atoms with Crippen molar-refractivity contribution >= 4 is 27.7 Å². The molecule has 2 aromatic rings. The second-order valence-corrected chi connectivity index (χ2v) is 9.62. The Balaban J connectivity index is 2.04. The lowest BCUT2D eigenvalue weighted by atomic mass is 10.1. The molecule has 0 saturated carbocycles. The predicted octanol–water partition coefficient (Wildman–Crippen LogP) is 2.76. The number of methoxy groups -OCH3 is 2. The van der Waals surface area contributed by atoms with Crippen LogP contribution >= 0.6 is 0 Å². The smallest absolute Gasteiger partial charge is 0.407 e. The van der Waals surface area contributed by atoms with Gasteiger partial charge in [0.2, 0.25) is 10.0 Å². The van der Waals surface area contributed by atoms with Crippen LogP contribution in [0.1, 0.15) is 31.1 Å². The van der Waals surface area contributed by atoms with E-state index in [9.17, 15) is 18.0 Å². The number of amides is 2. The van der Waals surface area contributed by atoms with Crippen molar-refractivity contribution in [3.8, 4) is 11.5 Å². The van der Waals surface area contributed by atoms with Gasteiger partial charge in [-0.15, -0.1) is 0 Å². The van der Waals surface area contributed by atoms with Gasteiger partial charge in [0, 0.05) is 18.8 Å². The van der Waals surface area contributed by atoms with E-state index < -0.39 is 27.6 Å². The molecule has 33 heavy (non-hydrogen) atoms. The molecule has 0 fully saturated rings. The topological polar surface area (TPSA) is 132 Å². The minimum Gasteiger partial charge on any atom is -0.493 e. The molecule has 0 unspecified atom stereocenters. The van der Waals surface area contributed by atoms with E-state index in [1.165, 1.54) is 32.4 Å². The van der Waals surface area contributed by atoms with Gasteiger partial charge in [0.15, 0.2) is 11.5 Å². The lowest BCUT2D eigenvalue weighted by molar-refractivity contribution is 0.0528. The maximum absolute atomic E-state index is 12.7. The SMILES string of the molecule is COc1cccc(C(=O)Nc2cccc(S(=O)(=O)NCCNC(=O)OC(C)(C)C)c2)c1OC. The third-order valence-corrected chi connectivity index (χ3v) is 5.59. The van der Waals surface area contributed by atoms with E-state index in [4.69, 9.17) is 14.2 Å². The fourth-order valence-electron chi connectivity index (χ4n) is 2.75. The van der Waals surface area contributed by atoms with Gasteiger partial charge in [-0.1, -0.05) is 12.1 Å². The largest absolute Gasteiger partial charge is 0.493 e. The van der Waals surface area contributed by atoms with Gasteiger partial charge in [0.1, 0.15) is 5.60 Å². The summed E-state index contributed by atoms with van der Waals surface area (Å²) in [6, 6.07) is 10.7. The number of anilines is 1. The van der Waals surface area contributed by atoms with Crippen LogP contribution in [0.3, 0.4) is 0 Å². The second kappa shape index (κ2) is 11.0. The Morgan fingerprint density at radius 3 is 2.30 bits per heavy atom. The van der Waals surface area contributed by atoms with Crippen LogP contribution in [0.15, 0.2) is 47.4 Å². The van der Waals surface area contributed by atoms with Crippen LogP contribution in [-0.2, 0) is 14.8 Å². The molecule has 3 N–H and O–H groups in total. The van der Waals surface area contributed by atoms with Crippen LogP contribution in [0, 0.1) is 0 Å². The third-order valence-electron chi connectivity index (χ3n) is 4.14. The first-order chi connectivity index (χ1) is 15.5. The molecule has 0 atom stereocenters. The molecule has 0 aliphatic heterocycles. The fourth-order valence-corrected chi connectivity index (χ4v) is 3.83. The van der Waals surface area contributed by atoms with Crippen molar-refractivity contribution in [2.24, 2.45) is 0 Å². The van der Waals surface area contributed by atoms with Gasteiger partial charge >= 0.3 is 6.09 Å². The zero-order valence-corrected chi connectivity index (χ0v) is 20.0. The number of sulfonamides is 1. The number of para-hydroxylation sites is 1. The number of hydrogen-bond donors (Lipinski definition) is 3. The maximum atomic E-state index is 12.7. The minimum atomic E-state index is -3.88. The van der Waals surface area contributed by atoms with Crippen LogP contribution in [0.4, 0.5) is 10.5 Å². The van der Waals surface area contributed by atoms with E-state index in [1.807, 2.05) is 0 Å². The van der Waals surface area contributed by atoms with E-state index >= 15 is 0 Å². The lowest BCUT2D eigenvalue weighted by Crippen LogP contribution is -2.37. The Labute approximate surface area is 193 Å². The van der Waals surface area contributed by atoms with Gasteiger partial charge in [0.05, 0.1) is 24.7 Å². The fraction of sp³-hybridized carbons (Fsp3) is 0.364. The first-order valence-electron chi connectivity index (χ1n) is 10.1. The maximum Gasteiger partial charge on any atom is 0.407 e. The van der Waals surface area contributed by atoms with E-state index in [0.29, 0.717) is 5.75 Å². The highest BCUT2D eigenvalue weighted by molar-refractivity contribution is 7.89. The summed E-state index contributed by atoms with van der Waals surface area (Å²) in [4.78, 5) is 24.3. The van der Waals surface area contributed by atoms with Gasteiger partial charge in [-0.05, 0) is 51.1 Å². The first-order valence-corrected chi connectivity index (χ1v) is 11.5. The van der Waals surface area contributed by atoms with Crippen molar-refractivity contribution in [2.45, 2.75) is 31.3 Å². The summed E-state index contributed by atoms with van der Waals surface area (Å²) in [7, 11) is -0.994. The van der Waals surface area contributed by atoms with Crippen molar-refractivity contribution in [1.82, 2.24) is 10.0 Å². The van der Waals surface area contributed by atoms with Crippen LogP contribution in [-0.4, -0.2) is 53.3 Å². The molecule has 0 aliphatic rings. The molecule has 0 spiro atoms. The Morgan fingerprint density at radius 1 is 0.970 bits per heavy atom. The summed E-state index contributed by atoms with van der Waals surface area (Å²) in [6.45, 7) is 5.18. The van der Waals surface area contributed by atoms with Gasteiger partial charge in [-0.2, -0.15) is 0 Å². The highest BCUT2D eigenvalue weighted by Gasteiger charge is 2.19. The number of carbonyl (C=O) groups is 2. The molecule has 2 aromatic carbocycles. The van der Waals surface area contributed by atoms with Gasteiger partial charge in [-0.25, -0.2) is 17.9 Å². The van der Waals surface area contributed by atoms with Crippen LogP contribution in [0.25, 0.3) is 0 Å². The van der Waals surface area contributed by atoms with Crippen molar-refractivity contribution in [1.29, 1.82) is 0 Å². The number of hydrogen-bond acceptors (Lipinski definition) is 7. The zero-order chi connectivity index (χ0) is 24.6. The predicted molar refractivity (Wildman–Crippen MR) is 123 cm³/mol. The molecule has 0 saturated heterocycles. The van der Waals surface area contributed by atoms with Gasteiger partial charge in [-0.3, -0.25) is 4.79 Å². The molecule has 0 radical (unpaired) electrons. The number of carbonyl (C=O) groups excluding carboxylic acids is 2. The van der Waals surface area contributed by atoms with E-state index in [1.54, 1.807) is 45.0 Å². The standard InChI is InChI=1S/C22H29N3O7S/c1-22(2,3)32-21(27)23-12-13-24-33(28,29)16-9-6-8-15(14-16)25-20(26)17-10-7-11-18(30-4)19(17)31-5/h6-11,14,24H,12-13H2,1-5H3,(H,23,27)(H,25,26). The highest BCUT2D eigenvalue weighted by Crippen LogP contribution is 2.31. The molecule has 0 bridgehead atoms. The van der Waals surface area contributed by atoms with E-state index in [2.05, 4.69) is 15.4 Å². The second-order valence-electron chi connectivity index (χ2n) is 7.85. The van der Waals surface area contributed by atoms with Crippen molar-refractivity contribution in [2.75, 3.05) is 32.6 Å². The molecule has 11 heteroatoms. The Bertz CT molecular complexity index is 1100. The monoisotopic (exact) mass is 479 g/mol. The van der Waals surface area contributed by atoms with Crippen LogP contribution < -0.4 is 24.8 Å². The summed E-state index contributed by atoms with van der Waals surface area (Å²) >= 11 is 0. The summed E-state index contributed by atoms with van der Waals surface area (Å²) in [5.74, 6) is 0.168. The average Bonchev–Trinajstić information content (AvgIpc) is 2.75. The summed E-state index contributed by atoms with van der Waals surface area (Å²) < 4.78 is 43.1. The lowest BCUT2D eigenvalue weighted by Gasteiger charge is -2.19. The van der Waals surface area contributed by atoms with E-state index in [0.717, 1.165) is 0 Å². The summed E-state index contributed by atoms with van der Waals surface area (Å²) in [5, 5.41) is 5.13. The third kappa shape index (κ3) is 7.65. The average molecular weight is 480 g/mol. The van der Waals surface area contributed by atoms with Crippen LogP contribution in [0.5, 0.6) is 11.5 Å². The molecule has 0 aliphatic carbocycles. The first kappa shape index (κ1) is 25.9. The number of rotatable bonds is 9. The molecule has 0 heterocycles. The highest BCUT2D eigenvalue weighted by atomic mass is 32.2. The normalized spacial score (nSPS) is 11.4. The van der Waals surface area contributed by atoms with Crippen molar-refractivity contribution in [3.05, 3.63) is 48.0 Å². The molecular weight excluding hydrogens is 450 g/mol. The summed E-state index contributed by atoms with van der Waals surface area (Å²) in [6.07, 6.45) is -0.639. The molecule has 2 rings (SSSR count). The zero-order valence-electron chi connectivity index (χ0n) is 19.2. The molecule has 2 amide bonds. The van der Waals surface area contributed by atoms with Gasteiger partial charge in [0.25, 0.3) is 5.91 Å². The number of nitrogens with one attached hydrogen (secondary N) is 3. The molecule has 0 aromatic heterocycles. The quantitative estimate of drug-likeness (QED) is 0.471. The number of alkyl carbamates (subject to hydrolysis) is 1.